The number of hydrogen-bond acceptors (Lipinski definition) is 11. The third-order valence-corrected chi connectivity index (χ3v) is 7.44. The van der Waals surface area contributed by atoms with Crippen LogP contribution in [0.4, 0.5) is 24.8 Å². The summed E-state index contributed by atoms with van der Waals surface area (Å²) in [7, 11) is 0. The third kappa shape index (κ3) is 4.69. The van der Waals surface area contributed by atoms with Crippen LogP contribution in [-0.4, -0.2) is 67.4 Å². The maximum absolute atomic E-state index is 13.0. The molecule has 0 saturated carbocycles. The molecule has 1 amide bonds. The number of alkyl halides is 3. The van der Waals surface area contributed by atoms with Crippen molar-refractivity contribution in [2.45, 2.75) is 19.1 Å². The molecule has 2 saturated heterocycles. The van der Waals surface area contributed by atoms with Crippen LogP contribution in [0.5, 0.6) is 0 Å². The first-order valence-electron chi connectivity index (χ1n) is 11.5. The highest BCUT2D eigenvalue weighted by Crippen LogP contribution is 2.38. The van der Waals surface area contributed by atoms with Gasteiger partial charge < -0.3 is 19.1 Å². The van der Waals surface area contributed by atoms with Gasteiger partial charge in [-0.15, -0.1) is 21.5 Å². The van der Waals surface area contributed by atoms with Crippen molar-refractivity contribution in [3.8, 4) is 10.7 Å². The largest absolute Gasteiger partial charge is 0.471 e. The highest BCUT2D eigenvalue weighted by atomic mass is 32.1. The van der Waals surface area contributed by atoms with E-state index < -0.39 is 12.1 Å². The van der Waals surface area contributed by atoms with Crippen molar-refractivity contribution in [1.29, 1.82) is 0 Å². The summed E-state index contributed by atoms with van der Waals surface area (Å²) in [4.78, 5) is 29.6. The molecule has 6 heterocycles. The number of likely N-dealkylation sites (tertiary alicyclic amines) is 1. The average molecular weight is 545 g/mol. The lowest BCUT2D eigenvalue weighted by atomic mass is 9.85. The third-order valence-electron chi connectivity index (χ3n) is 6.38. The molecule has 0 aromatic carbocycles. The minimum atomic E-state index is -4.72. The molecule has 2 fully saturated rings. The van der Waals surface area contributed by atoms with E-state index in [0.717, 1.165) is 11.3 Å². The number of carbonyl (C=O) groups is 1. The first-order valence-corrected chi connectivity index (χ1v) is 12.4. The number of nitrogens with zero attached hydrogens (tertiary/aromatic N) is 8. The maximum Gasteiger partial charge on any atom is 0.471 e. The Morgan fingerprint density at radius 1 is 1.13 bits per heavy atom. The second-order valence-electron chi connectivity index (χ2n) is 9.08. The number of aromatic nitrogens is 6. The predicted molar refractivity (Wildman–Crippen MR) is 126 cm³/mol. The predicted octanol–water partition coefficient (Wildman–Crippen LogP) is 3.60. The normalized spacial score (nSPS) is 16.6. The van der Waals surface area contributed by atoms with Gasteiger partial charge in [0.25, 0.3) is 5.91 Å². The Bertz CT molecular complexity index is 1440. The Kier molecular flexibility index (Phi) is 6.03. The fourth-order valence-electron chi connectivity index (χ4n) is 4.37. The van der Waals surface area contributed by atoms with E-state index >= 15 is 0 Å². The lowest BCUT2D eigenvalue weighted by Crippen LogP contribution is -2.45. The molecule has 2 aliphatic heterocycles. The highest BCUT2D eigenvalue weighted by molar-refractivity contribution is 7.15. The second-order valence-corrected chi connectivity index (χ2v) is 10.3. The summed E-state index contributed by atoms with van der Waals surface area (Å²) in [5.41, 5.74) is 0.308. The molecule has 6 rings (SSSR count). The lowest BCUT2D eigenvalue weighted by molar-refractivity contribution is -0.159. The van der Waals surface area contributed by atoms with E-state index in [9.17, 15) is 18.0 Å². The molecule has 11 nitrogen and oxygen atoms in total. The Hall–Kier alpha value is -3.98. The van der Waals surface area contributed by atoms with Crippen molar-refractivity contribution in [1.82, 2.24) is 35.2 Å². The van der Waals surface area contributed by atoms with Crippen LogP contribution >= 0.6 is 11.3 Å². The minimum Gasteiger partial charge on any atom is -0.380 e. The van der Waals surface area contributed by atoms with Crippen LogP contribution in [0.3, 0.4) is 0 Å². The zero-order valence-corrected chi connectivity index (χ0v) is 20.4. The van der Waals surface area contributed by atoms with Crippen molar-refractivity contribution < 1.29 is 27.2 Å². The Labute approximate surface area is 217 Å². The summed E-state index contributed by atoms with van der Waals surface area (Å²) < 4.78 is 48.2. The monoisotopic (exact) mass is 544 g/mol. The fraction of sp³-hybridized carbons (Fsp3) is 0.348. The van der Waals surface area contributed by atoms with Gasteiger partial charge in [0, 0.05) is 35.8 Å². The summed E-state index contributed by atoms with van der Waals surface area (Å²) in [5.74, 6) is -0.847. The average Bonchev–Trinajstić information content (AvgIpc) is 3.66. The van der Waals surface area contributed by atoms with Gasteiger partial charge in [-0.25, -0.2) is 4.98 Å². The molecule has 15 heteroatoms. The van der Waals surface area contributed by atoms with Crippen LogP contribution in [0.2, 0.25) is 0 Å². The lowest BCUT2D eigenvalue weighted by Gasteiger charge is -2.37. The van der Waals surface area contributed by atoms with Gasteiger partial charge in [0.1, 0.15) is 0 Å². The van der Waals surface area contributed by atoms with E-state index in [1.54, 1.807) is 40.3 Å². The van der Waals surface area contributed by atoms with E-state index in [2.05, 4.69) is 34.8 Å². The number of carbonyl (C=O) groups excluding carboxylic acids is 1. The fourth-order valence-corrected chi connectivity index (χ4v) is 5.29. The highest BCUT2D eigenvalue weighted by Gasteiger charge is 2.46. The number of hydrogen-bond donors (Lipinski definition) is 0. The summed E-state index contributed by atoms with van der Waals surface area (Å²) >= 11 is 1.20. The van der Waals surface area contributed by atoms with E-state index in [4.69, 9.17) is 4.74 Å². The molecule has 0 N–H and O–H groups in total. The van der Waals surface area contributed by atoms with Gasteiger partial charge in [-0.2, -0.15) is 18.2 Å². The number of rotatable bonds is 6. The van der Waals surface area contributed by atoms with Gasteiger partial charge >= 0.3 is 12.1 Å². The van der Waals surface area contributed by atoms with Crippen molar-refractivity contribution in [3.05, 3.63) is 59.3 Å². The zero-order valence-electron chi connectivity index (χ0n) is 19.6. The molecule has 1 spiro atoms. The van der Waals surface area contributed by atoms with Crippen LogP contribution in [0.25, 0.3) is 10.7 Å². The maximum atomic E-state index is 13.0. The summed E-state index contributed by atoms with van der Waals surface area (Å²) in [6.45, 7) is 2.91. The molecule has 4 aromatic rings. The topological polar surface area (TPSA) is 123 Å². The summed E-state index contributed by atoms with van der Waals surface area (Å²) in [6, 6.07) is 6.65. The van der Waals surface area contributed by atoms with Crippen molar-refractivity contribution in [2.24, 2.45) is 5.41 Å². The molecule has 0 bridgehead atoms. The van der Waals surface area contributed by atoms with Crippen LogP contribution in [0, 0.1) is 5.41 Å². The van der Waals surface area contributed by atoms with Gasteiger partial charge in [-0.05, 0) is 30.7 Å². The molecule has 0 aliphatic carbocycles. The van der Waals surface area contributed by atoms with E-state index in [-0.39, 0.29) is 29.4 Å². The first-order chi connectivity index (χ1) is 18.3. The van der Waals surface area contributed by atoms with Gasteiger partial charge in [0.2, 0.25) is 5.82 Å². The molecule has 196 valence electrons. The molecule has 2 aliphatic rings. The molecular weight excluding hydrogens is 525 g/mol. The Balaban J connectivity index is 1.22. The smallest absolute Gasteiger partial charge is 0.380 e. The number of ether oxygens (including phenoxy) is 1. The van der Waals surface area contributed by atoms with Gasteiger partial charge in [-0.1, -0.05) is 5.16 Å². The number of thiophene rings is 1. The summed E-state index contributed by atoms with van der Waals surface area (Å²) in [5, 5.41) is 11.9. The standard InChI is InChI=1S/C23H19F3N8O3S/c24-23(25,26)21-29-19(32-37-21)16-3-1-14(38-16)10-34(18-9-27-6-7-28-18)17-4-2-15(30-31-17)20(35)33-8-5-22(11-33)12-36-13-22/h1-4,6-7,9H,5,8,10-13H2. The van der Waals surface area contributed by atoms with E-state index in [1.165, 1.54) is 23.7 Å². The van der Waals surface area contributed by atoms with E-state index in [0.29, 0.717) is 42.8 Å². The van der Waals surface area contributed by atoms with Crippen LogP contribution in [0.15, 0.2) is 47.4 Å². The quantitative estimate of drug-likeness (QED) is 0.356. The molecule has 0 unspecified atom stereocenters. The van der Waals surface area contributed by atoms with Crippen molar-refractivity contribution in [2.75, 3.05) is 31.2 Å². The van der Waals surface area contributed by atoms with Crippen LogP contribution in [0.1, 0.15) is 27.7 Å². The molecule has 38 heavy (non-hydrogen) atoms. The van der Waals surface area contributed by atoms with Gasteiger partial charge in [0.05, 0.1) is 30.8 Å². The van der Waals surface area contributed by atoms with Crippen LogP contribution < -0.4 is 4.90 Å². The number of halogens is 3. The Morgan fingerprint density at radius 2 is 2.00 bits per heavy atom. The molecule has 0 radical (unpaired) electrons. The first kappa shape index (κ1) is 24.4. The van der Waals surface area contributed by atoms with Gasteiger partial charge in [-0.3, -0.25) is 9.78 Å². The molecular formula is C23H19F3N8O3S. The van der Waals surface area contributed by atoms with E-state index in [1.807, 2.05) is 0 Å². The minimum absolute atomic E-state index is 0.0706. The summed E-state index contributed by atoms with van der Waals surface area (Å²) in [6.07, 6.45) is 0.799. The second kappa shape index (κ2) is 9.40. The number of amides is 1. The molecule has 0 atom stereocenters. The number of anilines is 2. The SMILES string of the molecule is O=C(c1ccc(N(Cc2ccc(-c3noc(C(F)(F)F)n3)s2)c2cnccn2)nn1)N1CCC2(COC2)C1. The Morgan fingerprint density at radius 3 is 2.63 bits per heavy atom. The van der Waals surface area contributed by atoms with Gasteiger partial charge in [0.15, 0.2) is 17.3 Å². The van der Waals surface area contributed by atoms with Crippen molar-refractivity contribution >= 4 is 28.9 Å². The van der Waals surface area contributed by atoms with Crippen molar-refractivity contribution in [3.63, 3.8) is 0 Å². The molecule has 4 aromatic heterocycles. The van der Waals surface area contributed by atoms with Crippen LogP contribution in [-0.2, 0) is 17.5 Å². The zero-order chi connectivity index (χ0) is 26.3.